The predicted molar refractivity (Wildman–Crippen MR) is 62.3 cm³/mol. The number of hydrogen-bond donors (Lipinski definition) is 1. The largest absolute Gasteiger partial charge is 0.507 e. The van der Waals surface area contributed by atoms with Crippen LogP contribution in [0, 0.1) is 0 Å². The minimum Gasteiger partial charge on any atom is -0.507 e. The summed E-state index contributed by atoms with van der Waals surface area (Å²) < 4.78 is 4.65. The zero-order valence-electron chi connectivity index (χ0n) is 9.14. The van der Waals surface area contributed by atoms with Gasteiger partial charge in [-0.2, -0.15) is 0 Å². The highest BCUT2D eigenvalue weighted by Gasteiger charge is 2.15. The van der Waals surface area contributed by atoms with Crippen LogP contribution in [0.2, 0.25) is 0 Å². The molecule has 2 aromatic carbocycles. The van der Waals surface area contributed by atoms with Gasteiger partial charge in [0, 0.05) is 5.39 Å². The molecule has 0 atom stereocenters. The molecule has 2 aromatic rings. The van der Waals surface area contributed by atoms with E-state index in [1.54, 1.807) is 24.3 Å². The average Bonchev–Trinajstić information content (AvgIpc) is 2.37. The van der Waals surface area contributed by atoms with E-state index in [9.17, 15) is 14.7 Å². The van der Waals surface area contributed by atoms with E-state index in [0.29, 0.717) is 17.1 Å². The number of methoxy groups -OCH3 is 1. The minimum atomic E-state index is -0.538. The van der Waals surface area contributed by atoms with Gasteiger partial charge < -0.3 is 9.84 Å². The normalized spacial score (nSPS) is 10.2. The van der Waals surface area contributed by atoms with E-state index in [1.165, 1.54) is 13.2 Å². The number of hydrogen-bond acceptors (Lipinski definition) is 4. The molecule has 1 N–H and O–H groups in total. The Morgan fingerprint density at radius 3 is 2.71 bits per heavy atom. The number of carbonyl (C=O) groups is 2. The summed E-state index contributed by atoms with van der Waals surface area (Å²) in [6, 6.07) is 8.08. The van der Waals surface area contributed by atoms with E-state index in [1.807, 2.05) is 0 Å². The monoisotopic (exact) mass is 230 g/mol. The van der Waals surface area contributed by atoms with Crippen LogP contribution >= 0.6 is 0 Å². The molecule has 4 heteroatoms. The lowest BCUT2D eigenvalue weighted by molar-refractivity contribution is 0.0603. The molecule has 86 valence electrons. The van der Waals surface area contributed by atoms with Crippen LogP contribution in [0.3, 0.4) is 0 Å². The molecule has 0 aliphatic rings. The van der Waals surface area contributed by atoms with Gasteiger partial charge in [-0.3, -0.25) is 4.79 Å². The summed E-state index contributed by atoms with van der Waals surface area (Å²) in [5.41, 5.74) is 0.367. The first-order valence-corrected chi connectivity index (χ1v) is 4.97. The fourth-order valence-corrected chi connectivity index (χ4v) is 1.80. The van der Waals surface area contributed by atoms with Gasteiger partial charge in [0.25, 0.3) is 0 Å². The Bertz CT molecular complexity index is 602. The van der Waals surface area contributed by atoms with Crippen LogP contribution in [0.1, 0.15) is 20.7 Å². The molecule has 0 aliphatic carbocycles. The minimum absolute atomic E-state index is 0.100. The first-order valence-electron chi connectivity index (χ1n) is 4.97. The number of fused-ring (bicyclic) bond motifs is 1. The molecular weight excluding hydrogens is 220 g/mol. The smallest absolute Gasteiger partial charge is 0.338 e. The molecule has 4 nitrogen and oxygen atoms in total. The van der Waals surface area contributed by atoms with Crippen LogP contribution in [-0.2, 0) is 4.74 Å². The molecule has 17 heavy (non-hydrogen) atoms. The highest BCUT2D eigenvalue weighted by Crippen LogP contribution is 2.28. The van der Waals surface area contributed by atoms with E-state index in [-0.39, 0.29) is 16.9 Å². The fourth-order valence-electron chi connectivity index (χ4n) is 1.80. The van der Waals surface area contributed by atoms with Gasteiger partial charge in [0.15, 0.2) is 6.29 Å². The Labute approximate surface area is 97.4 Å². The number of ether oxygens (including phenoxy) is 1. The van der Waals surface area contributed by atoms with Crippen molar-refractivity contribution >= 4 is 23.0 Å². The van der Waals surface area contributed by atoms with E-state index in [0.717, 1.165) is 0 Å². The number of benzene rings is 2. The SMILES string of the molecule is COC(=O)c1cccc2ccc(O)c(C=O)c12. The van der Waals surface area contributed by atoms with Crippen molar-refractivity contribution in [2.24, 2.45) is 0 Å². The summed E-state index contributed by atoms with van der Waals surface area (Å²) in [5.74, 6) is -0.687. The lowest BCUT2D eigenvalue weighted by Crippen LogP contribution is -2.03. The molecule has 0 aromatic heterocycles. The topological polar surface area (TPSA) is 63.6 Å². The van der Waals surface area contributed by atoms with E-state index in [4.69, 9.17) is 0 Å². The van der Waals surface area contributed by atoms with E-state index < -0.39 is 5.97 Å². The van der Waals surface area contributed by atoms with Gasteiger partial charge in [0.2, 0.25) is 0 Å². The maximum Gasteiger partial charge on any atom is 0.338 e. The maximum atomic E-state index is 11.6. The summed E-state index contributed by atoms with van der Waals surface area (Å²) in [5, 5.41) is 10.7. The highest BCUT2D eigenvalue weighted by atomic mass is 16.5. The molecule has 0 bridgehead atoms. The second-order valence-electron chi connectivity index (χ2n) is 3.51. The average molecular weight is 230 g/mol. The molecule has 0 saturated heterocycles. The maximum absolute atomic E-state index is 11.6. The summed E-state index contributed by atoms with van der Waals surface area (Å²) >= 11 is 0. The lowest BCUT2D eigenvalue weighted by atomic mass is 9.99. The van der Waals surface area contributed by atoms with Gasteiger partial charge in [-0.05, 0) is 17.5 Å². The quantitative estimate of drug-likeness (QED) is 0.634. The summed E-state index contributed by atoms with van der Waals surface area (Å²) in [6.07, 6.45) is 0.532. The third-order valence-corrected chi connectivity index (χ3v) is 2.59. The number of phenols is 1. The van der Waals surface area contributed by atoms with Crippen molar-refractivity contribution in [2.45, 2.75) is 0 Å². The van der Waals surface area contributed by atoms with Gasteiger partial charge in [0.05, 0.1) is 18.2 Å². The Balaban J connectivity index is 2.90. The second-order valence-corrected chi connectivity index (χ2v) is 3.51. The highest BCUT2D eigenvalue weighted by molar-refractivity contribution is 6.11. The van der Waals surface area contributed by atoms with Crippen molar-refractivity contribution in [3.8, 4) is 5.75 Å². The molecule has 0 aliphatic heterocycles. The van der Waals surface area contributed by atoms with E-state index in [2.05, 4.69) is 4.74 Å². The number of aldehydes is 1. The molecule has 0 saturated carbocycles. The zero-order chi connectivity index (χ0) is 12.4. The standard InChI is InChI=1S/C13H10O4/c1-17-13(16)9-4-2-3-8-5-6-11(15)10(7-14)12(8)9/h2-7,15H,1H3. The summed E-state index contributed by atoms with van der Waals surface area (Å²) in [4.78, 5) is 22.6. The third-order valence-electron chi connectivity index (χ3n) is 2.59. The number of aromatic hydroxyl groups is 1. The van der Waals surface area contributed by atoms with Crippen LogP contribution < -0.4 is 0 Å². The Morgan fingerprint density at radius 2 is 2.06 bits per heavy atom. The van der Waals surface area contributed by atoms with Gasteiger partial charge in [-0.1, -0.05) is 18.2 Å². The van der Waals surface area contributed by atoms with Crippen molar-refractivity contribution in [1.29, 1.82) is 0 Å². The predicted octanol–water partition coefficient (Wildman–Crippen LogP) is 2.14. The Kier molecular flexibility index (Phi) is 2.78. The summed E-state index contributed by atoms with van der Waals surface area (Å²) in [6.45, 7) is 0. The number of carbonyl (C=O) groups excluding carboxylic acids is 2. The first-order chi connectivity index (χ1) is 8.19. The van der Waals surface area contributed by atoms with Crippen molar-refractivity contribution in [3.63, 3.8) is 0 Å². The van der Waals surface area contributed by atoms with Gasteiger partial charge in [-0.25, -0.2) is 4.79 Å². The Morgan fingerprint density at radius 1 is 1.29 bits per heavy atom. The molecule has 0 amide bonds. The number of esters is 1. The van der Waals surface area contributed by atoms with Crippen LogP contribution in [0.5, 0.6) is 5.75 Å². The first kappa shape index (κ1) is 11.1. The number of rotatable bonds is 2. The third kappa shape index (κ3) is 1.73. The van der Waals surface area contributed by atoms with Crippen molar-refractivity contribution in [2.75, 3.05) is 7.11 Å². The zero-order valence-corrected chi connectivity index (χ0v) is 9.14. The van der Waals surface area contributed by atoms with Crippen molar-refractivity contribution in [3.05, 3.63) is 41.5 Å². The second kappa shape index (κ2) is 4.25. The van der Waals surface area contributed by atoms with Crippen molar-refractivity contribution in [1.82, 2.24) is 0 Å². The molecular formula is C13H10O4. The molecule has 0 heterocycles. The number of phenolic OH excluding ortho intramolecular Hbond substituents is 1. The van der Waals surface area contributed by atoms with Crippen LogP contribution in [0.15, 0.2) is 30.3 Å². The molecule has 2 rings (SSSR count). The van der Waals surface area contributed by atoms with Crippen LogP contribution in [0.25, 0.3) is 10.8 Å². The molecule has 0 radical (unpaired) electrons. The molecule has 0 fully saturated rings. The van der Waals surface area contributed by atoms with Crippen LogP contribution in [0.4, 0.5) is 0 Å². The van der Waals surface area contributed by atoms with Gasteiger partial charge in [0.1, 0.15) is 5.75 Å². The fraction of sp³-hybridized carbons (Fsp3) is 0.0769. The van der Waals surface area contributed by atoms with Gasteiger partial charge in [-0.15, -0.1) is 0 Å². The molecule has 0 spiro atoms. The Hall–Kier alpha value is -2.36. The molecule has 0 unspecified atom stereocenters. The lowest BCUT2D eigenvalue weighted by Gasteiger charge is -2.08. The van der Waals surface area contributed by atoms with Crippen LogP contribution in [-0.4, -0.2) is 24.5 Å². The summed E-state index contributed by atoms with van der Waals surface area (Å²) in [7, 11) is 1.27. The van der Waals surface area contributed by atoms with Crippen molar-refractivity contribution < 1.29 is 19.4 Å². The van der Waals surface area contributed by atoms with E-state index >= 15 is 0 Å². The van der Waals surface area contributed by atoms with Gasteiger partial charge >= 0.3 is 5.97 Å².